The van der Waals surface area contributed by atoms with Crippen molar-refractivity contribution in [2.24, 2.45) is 0 Å². The van der Waals surface area contributed by atoms with Gasteiger partial charge in [-0.05, 0) is 49.6 Å². The maximum Gasteiger partial charge on any atom is 0.137 e. The number of aromatic nitrogens is 2. The molecule has 0 unspecified atom stereocenters. The molecule has 2 aromatic carbocycles. The fraction of sp³-hybridized carbons (Fsp3) is 0.333. The van der Waals surface area contributed by atoms with Crippen LogP contribution >= 0.6 is 11.8 Å². The summed E-state index contributed by atoms with van der Waals surface area (Å²) in [7, 11) is 0. The van der Waals surface area contributed by atoms with E-state index in [4.69, 9.17) is 0 Å². The van der Waals surface area contributed by atoms with Crippen molar-refractivity contribution in [1.82, 2.24) is 9.97 Å². The van der Waals surface area contributed by atoms with E-state index >= 15 is 0 Å². The summed E-state index contributed by atoms with van der Waals surface area (Å²) in [6, 6.07) is 17.0. The summed E-state index contributed by atoms with van der Waals surface area (Å²) in [6.45, 7) is 9.78. The summed E-state index contributed by atoms with van der Waals surface area (Å²) in [4.78, 5) is 10.0. The third kappa shape index (κ3) is 4.51. The van der Waals surface area contributed by atoms with E-state index < -0.39 is 0 Å². The average Bonchev–Trinajstić information content (AvgIpc) is 2.60. The van der Waals surface area contributed by atoms with E-state index in [1.165, 1.54) is 10.5 Å². The highest BCUT2D eigenvalue weighted by molar-refractivity contribution is 8.00. The van der Waals surface area contributed by atoms with Crippen molar-refractivity contribution in [1.29, 1.82) is 0 Å². The lowest BCUT2D eigenvalue weighted by Crippen LogP contribution is -2.26. The van der Waals surface area contributed by atoms with Gasteiger partial charge in [0.2, 0.25) is 0 Å². The third-order valence-corrected chi connectivity index (χ3v) is 5.37. The molecule has 25 heavy (non-hydrogen) atoms. The van der Waals surface area contributed by atoms with Gasteiger partial charge in [-0.15, -0.1) is 11.8 Å². The van der Waals surface area contributed by atoms with Crippen molar-refractivity contribution >= 4 is 28.5 Å². The minimum atomic E-state index is 0.0470. The van der Waals surface area contributed by atoms with Gasteiger partial charge in [-0.3, -0.25) is 0 Å². The lowest BCUT2D eigenvalue weighted by Gasteiger charge is -2.25. The van der Waals surface area contributed by atoms with Crippen LogP contribution < -0.4 is 5.32 Å². The standard InChI is InChI=1S/C21H25N3S/c1-15(2)16-9-11-17(12-10-16)25-21(3,4)13-22-20-18-7-5-6-8-19(18)23-14-24-20/h5-12,14-15H,13H2,1-4H3,(H,22,23,24). The van der Waals surface area contributed by atoms with Crippen LogP contribution in [0.1, 0.15) is 39.2 Å². The van der Waals surface area contributed by atoms with E-state index in [0.29, 0.717) is 5.92 Å². The molecule has 3 nitrogen and oxygen atoms in total. The van der Waals surface area contributed by atoms with Crippen LogP contribution in [0.15, 0.2) is 59.8 Å². The van der Waals surface area contributed by atoms with Crippen molar-refractivity contribution in [3.05, 3.63) is 60.4 Å². The van der Waals surface area contributed by atoms with Gasteiger partial charge >= 0.3 is 0 Å². The molecule has 0 amide bonds. The first kappa shape index (κ1) is 17.7. The second-order valence-corrected chi connectivity index (χ2v) is 8.96. The Morgan fingerprint density at radius 1 is 1.00 bits per heavy atom. The van der Waals surface area contributed by atoms with Crippen molar-refractivity contribution in [3.8, 4) is 0 Å². The minimum Gasteiger partial charge on any atom is -0.368 e. The Labute approximate surface area is 154 Å². The zero-order chi connectivity index (χ0) is 17.9. The van der Waals surface area contributed by atoms with Crippen LogP contribution in [0.3, 0.4) is 0 Å². The highest BCUT2D eigenvalue weighted by atomic mass is 32.2. The van der Waals surface area contributed by atoms with Gasteiger partial charge in [0, 0.05) is 21.6 Å². The summed E-state index contributed by atoms with van der Waals surface area (Å²) >= 11 is 1.89. The maximum absolute atomic E-state index is 4.42. The Hall–Kier alpha value is -2.07. The van der Waals surface area contributed by atoms with E-state index in [-0.39, 0.29) is 4.75 Å². The lowest BCUT2D eigenvalue weighted by molar-refractivity contribution is 0.748. The predicted octanol–water partition coefficient (Wildman–Crippen LogP) is 5.74. The Morgan fingerprint density at radius 2 is 1.72 bits per heavy atom. The van der Waals surface area contributed by atoms with Crippen LogP contribution in [0, 0.1) is 0 Å². The summed E-state index contributed by atoms with van der Waals surface area (Å²) in [5, 5.41) is 4.57. The van der Waals surface area contributed by atoms with Gasteiger partial charge in [0.05, 0.1) is 5.52 Å². The van der Waals surface area contributed by atoms with Gasteiger partial charge in [0.1, 0.15) is 12.1 Å². The quantitative estimate of drug-likeness (QED) is 0.575. The molecule has 1 aromatic heterocycles. The second kappa shape index (κ2) is 7.44. The first-order valence-corrected chi connectivity index (χ1v) is 9.49. The van der Waals surface area contributed by atoms with Gasteiger partial charge in [0.25, 0.3) is 0 Å². The largest absolute Gasteiger partial charge is 0.368 e. The van der Waals surface area contributed by atoms with Gasteiger partial charge < -0.3 is 5.32 Å². The molecule has 4 heteroatoms. The number of thioether (sulfide) groups is 1. The third-order valence-electron chi connectivity index (χ3n) is 4.17. The molecule has 3 aromatic rings. The van der Waals surface area contributed by atoms with E-state index in [9.17, 15) is 0 Å². The first-order valence-electron chi connectivity index (χ1n) is 8.67. The number of anilines is 1. The first-order chi connectivity index (χ1) is 11.9. The van der Waals surface area contributed by atoms with Crippen molar-refractivity contribution < 1.29 is 0 Å². The molecule has 0 bridgehead atoms. The second-order valence-electron chi connectivity index (χ2n) is 7.18. The zero-order valence-corrected chi connectivity index (χ0v) is 16.1. The minimum absolute atomic E-state index is 0.0470. The Kier molecular flexibility index (Phi) is 5.28. The molecule has 0 atom stereocenters. The molecule has 0 radical (unpaired) electrons. The van der Waals surface area contributed by atoms with Crippen molar-refractivity contribution in [2.75, 3.05) is 11.9 Å². The maximum atomic E-state index is 4.42. The number of rotatable bonds is 6. The monoisotopic (exact) mass is 351 g/mol. The normalized spacial score (nSPS) is 11.9. The smallest absolute Gasteiger partial charge is 0.137 e. The van der Waals surface area contributed by atoms with Crippen LogP contribution in [-0.2, 0) is 0 Å². The highest BCUT2D eigenvalue weighted by Gasteiger charge is 2.20. The topological polar surface area (TPSA) is 37.8 Å². The molecule has 0 fully saturated rings. The number of hydrogen-bond donors (Lipinski definition) is 1. The number of para-hydroxylation sites is 1. The molecule has 0 aliphatic rings. The number of nitrogens with zero attached hydrogens (tertiary/aromatic N) is 2. The molecule has 0 saturated heterocycles. The van der Waals surface area contributed by atoms with E-state index in [1.807, 2.05) is 30.0 Å². The van der Waals surface area contributed by atoms with E-state index in [2.05, 4.69) is 73.3 Å². The number of nitrogens with one attached hydrogen (secondary N) is 1. The summed E-state index contributed by atoms with van der Waals surface area (Å²) in [5.74, 6) is 1.47. The van der Waals surface area contributed by atoms with Crippen LogP contribution in [0.25, 0.3) is 10.9 Å². The van der Waals surface area contributed by atoms with Crippen LogP contribution in [-0.4, -0.2) is 21.3 Å². The summed E-state index contributed by atoms with van der Waals surface area (Å²) in [6.07, 6.45) is 1.62. The zero-order valence-electron chi connectivity index (χ0n) is 15.3. The highest BCUT2D eigenvalue weighted by Crippen LogP contribution is 2.33. The molecule has 0 aliphatic heterocycles. The fourth-order valence-corrected chi connectivity index (χ4v) is 3.77. The molecular formula is C21H25N3S. The fourth-order valence-electron chi connectivity index (χ4n) is 2.72. The number of hydrogen-bond acceptors (Lipinski definition) is 4. The van der Waals surface area contributed by atoms with E-state index in [0.717, 1.165) is 23.3 Å². The van der Waals surface area contributed by atoms with Crippen molar-refractivity contribution in [3.63, 3.8) is 0 Å². The molecule has 0 saturated carbocycles. The van der Waals surface area contributed by atoms with Gasteiger partial charge in [-0.1, -0.05) is 38.1 Å². The van der Waals surface area contributed by atoms with Gasteiger partial charge in [-0.25, -0.2) is 9.97 Å². The molecule has 1 N–H and O–H groups in total. The SMILES string of the molecule is CC(C)c1ccc(SC(C)(C)CNc2ncnc3ccccc23)cc1. The summed E-state index contributed by atoms with van der Waals surface area (Å²) < 4.78 is 0.0470. The van der Waals surface area contributed by atoms with Gasteiger partial charge in [-0.2, -0.15) is 0 Å². The van der Waals surface area contributed by atoms with E-state index in [1.54, 1.807) is 6.33 Å². The molecule has 130 valence electrons. The predicted molar refractivity (Wildman–Crippen MR) is 108 cm³/mol. The Bertz CT molecular complexity index is 836. The van der Waals surface area contributed by atoms with Crippen LogP contribution in [0.5, 0.6) is 0 Å². The molecule has 3 rings (SSSR count). The molecular weight excluding hydrogens is 326 g/mol. The lowest BCUT2D eigenvalue weighted by atomic mass is 10.0. The molecule has 0 spiro atoms. The van der Waals surface area contributed by atoms with Crippen molar-refractivity contribution in [2.45, 2.75) is 43.3 Å². The van der Waals surface area contributed by atoms with Crippen LogP contribution in [0.2, 0.25) is 0 Å². The Balaban J connectivity index is 1.68. The van der Waals surface area contributed by atoms with Crippen LogP contribution in [0.4, 0.5) is 5.82 Å². The average molecular weight is 352 g/mol. The number of fused-ring (bicyclic) bond motifs is 1. The Morgan fingerprint density at radius 3 is 2.44 bits per heavy atom. The summed E-state index contributed by atoms with van der Waals surface area (Å²) in [5.41, 5.74) is 2.35. The molecule has 1 heterocycles. The van der Waals surface area contributed by atoms with Gasteiger partial charge in [0.15, 0.2) is 0 Å². The number of benzene rings is 2. The molecule has 0 aliphatic carbocycles.